The van der Waals surface area contributed by atoms with E-state index in [1.54, 1.807) is 30.3 Å². The van der Waals surface area contributed by atoms with Crippen LogP contribution in [0.25, 0.3) is 0 Å². The van der Waals surface area contributed by atoms with Crippen molar-refractivity contribution in [1.82, 2.24) is 0 Å². The van der Waals surface area contributed by atoms with Gasteiger partial charge in [-0.15, -0.1) is 0 Å². The molecule has 0 heterocycles. The maximum absolute atomic E-state index is 13.9. The molecule has 2 rings (SSSR count). The lowest BCUT2D eigenvalue weighted by atomic mass is 9.92. The molecule has 2 aromatic carbocycles. The zero-order chi connectivity index (χ0) is 21.6. The van der Waals surface area contributed by atoms with Crippen LogP contribution in [0.15, 0.2) is 36.4 Å². The molecule has 0 bridgehead atoms. The van der Waals surface area contributed by atoms with Gasteiger partial charge in [0, 0.05) is 7.11 Å². The van der Waals surface area contributed by atoms with Crippen molar-refractivity contribution in [2.45, 2.75) is 45.9 Å². The van der Waals surface area contributed by atoms with E-state index in [9.17, 15) is 18.0 Å². The number of carbonyl (C=O) groups excluding carboxylic acids is 1. The van der Waals surface area contributed by atoms with Crippen molar-refractivity contribution >= 4 is 5.97 Å². The summed E-state index contributed by atoms with van der Waals surface area (Å²) in [6.07, 6.45) is -3.97. The highest BCUT2D eigenvalue weighted by molar-refractivity contribution is 5.96. The molecular formula is C22H25F3O4. The molecule has 2 aromatic rings. The van der Waals surface area contributed by atoms with E-state index < -0.39 is 23.8 Å². The number of hydrogen-bond donors (Lipinski definition) is 0. The van der Waals surface area contributed by atoms with Gasteiger partial charge in [-0.2, -0.15) is 13.2 Å². The Hall–Kier alpha value is -2.54. The summed E-state index contributed by atoms with van der Waals surface area (Å²) in [5.41, 5.74) is -1.47. The van der Waals surface area contributed by atoms with Crippen LogP contribution in [-0.2, 0) is 10.9 Å². The first-order valence-electron chi connectivity index (χ1n) is 9.38. The van der Waals surface area contributed by atoms with Crippen LogP contribution in [0.4, 0.5) is 13.2 Å². The number of carbonyl (C=O) groups is 1. The van der Waals surface area contributed by atoms with Crippen molar-refractivity contribution in [2.75, 3.05) is 13.7 Å². The van der Waals surface area contributed by atoms with E-state index in [0.29, 0.717) is 6.42 Å². The summed E-state index contributed by atoms with van der Waals surface area (Å²) in [6.45, 7) is 5.00. The van der Waals surface area contributed by atoms with Crippen molar-refractivity contribution in [1.29, 1.82) is 0 Å². The molecule has 0 fully saturated rings. The van der Waals surface area contributed by atoms with Crippen LogP contribution in [0.3, 0.4) is 0 Å². The van der Waals surface area contributed by atoms with E-state index in [-0.39, 0.29) is 34.8 Å². The largest absolute Gasteiger partial charge is 0.493 e. The number of halogens is 3. The smallest absolute Gasteiger partial charge is 0.417 e. The number of rotatable bonds is 8. The van der Waals surface area contributed by atoms with E-state index in [4.69, 9.17) is 14.2 Å². The Morgan fingerprint density at radius 1 is 1.17 bits per heavy atom. The lowest BCUT2D eigenvalue weighted by Crippen LogP contribution is -2.20. The van der Waals surface area contributed by atoms with Gasteiger partial charge in [-0.25, -0.2) is 4.79 Å². The highest BCUT2D eigenvalue weighted by atomic mass is 19.4. The standard InChI is InChI=1S/C22H25F3O4/c1-5-6-12-28-18-13-17(15(3)27-4)20(22(23,24)25)14(2)19(18)21(26)29-16-10-8-7-9-11-16/h7-11,13,15H,5-6,12H2,1-4H3. The minimum atomic E-state index is -4.67. The Morgan fingerprint density at radius 2 is 1.83 bits per heavy atom. The van der Waals surface area contributed by atoms with Crippen LogP contribution >= 0.6 is 0 Å². The van der Waals surface area contributed by atoms with E-state index >= 15 is 0 Å². The molecule has 0 amide bonds. The second kappa shape index (κ2) is 9.78. The van der Waals surface area contributed by atoms with Gasteiger partial charge in [-0.05, 0) is 49.6 Å². The monoisotopic (exact) mass is 410 g/mol. The quantitative estimate of drug-likeness (QED) is 0.299. The molecule has 0 radical (unpaired) electrons. The van der Waals surface area contributed by atoms with Gasteiger partial charge >= 0.3 is 12.1 Å². The molecule has 1 unspecified atom stereocenters. The molecule has 4 nitrogen and oxygen atoms in total. The first-order chi connectivity index (χ1) is 13.7. The minimum Gasteiger partial charge on any atom is -0.493 e. The number of methoxy groups -OCH3 is 1. The molecule has 29 heavy (non-hydrogen) atoms. The first-order valence-corrected chi connectivity index (χ1v) is 9.38. The fourth-order valence-corrected chi connectivity index (χ4v) is 2.98. The van der Waals surface area contributed by atoms with Gasteiger partial charge in [0.2, 0.25) is 0 Å². The van der Waals surface area contributed by atoms with Crippen LogP contribution < -0.4 is 9.47 Å². The van der Waals surface area contributed by atoms with E-state index in [2.05, 4.69) is 0 Å². The van der Waals surface area contributed by atoms with Crippen molar-refractivity contribution in [3.8, 4) is 11.5 Å². The normalized spacial score (nSPS) is 12.5. The molecule has 0 spiro atoms. The number of hydrogen-bond acceptors (Lipinski definition) is 4. The van der Waals surface area contributed by atoms with Gasteiger partial charge < -0.3 is 14.2 Å². The van der Waals surface area contributed by atoms with Crippen molar-refractivity contribution in [2.24, 2.45) is 0 Å². The molecule has 0 aromatic heterocycles. The Labute approximate surface area is 168 Å². The lowest BCUT2D eigenvalue weighted by molar-refractivity contribution is -0.139. The van der Waals surface area contributed by atoms with Gasteiger partial charge in [0.15, 0.2) is 0 Å². The van der Waals surface area contributed by atoms with Crippen LogP contribution in [0.2, 0.25) is 0 Å². The number of alkyl halides is 3. The molecule has 0 aliphatic rings. The topological polar surface area (TPSA) is 44.8 Å². The van der Waals surface area contributed by atoms with Gasteiger partial charge in [-0.1, -0.05) is 31.5 Å². The van der Waals surface area contributed by atoms with Gasteiger partial charge in [-0.3, -0.25) is 0 Å². The van der Waals surface area contributed by atoms with Crippen molar-refractivity contribution in [3.63, 3.8) is 0 Å². The van der Waals surface area contributed by atoms with Gasteiger partial charge in [0.05, 0.1) is 18.3 Å². The fourth-order valence-electron chi connectivity index (χ4n) is 2.98. The zero-order valence-electron chi connectivity index (χ0n) is 16.9. The third-order valence-corrected chi connectivity index (χ3v) is 4.56. The summed E-state index contributed by atoms with van der Waals surface area (Å²) in [4.78, 5) is 12.8. The second-order valence-electron chi connectivity index (χ2n) is 6.62. The average molecular weight is 410 g/mol. The highest BCUT2D eigenvalue weighted by Crippen LogP contribution is 2.42. The number of benzene rings is 2. The summed E-state index contributed by atoms with van der Waals surface area (Å²) in [5, 5.41) is 0. The molecule has 0 saturated carbocycles. The third-order valence-electron chi connectivity index (χ3n) is 4.56. The number of para-hydroxylation sites is 1. The fraction of sp³-hybridized carbons (Fsp3) is 0.409. The summed E-state index contributed by atoms with van der Waals surface area (Å²) < 4.78 is 57.7. The molecule has 0 aliphatic heterocycles. The molecule has 0 aliphatic carbocycles. The molecule has 0 saturated heterocycles. The Morgan fingerprint density at radius 3 is 2.38 bits per heavy atom. The number of esters is 1. The molecule has 1 atom stereocenters. The lowest BCUT2D eigenvalue weighted by Gasteiger charge is -2.23. The van der Waals surface area contributed by atoms with Crippen molar-refractivity contribution < 1.29 is 32.2 Å². The minimum absolute atomic E-state index is 0.0591. The Balaban J connectivity index is 2.62. The molecule has 158 valence electrons. The predicted molar refractivity (Wildman–Crippen MR) is 103 cm³/mol. The molecular weight excluding hydrogens is 385 g/mol. The van der Waals surface area contributed by atoms with Crippen LogP contribution in [0, 0.1) is 6.92 Å². The Kier molecular flexibility index (Phi) is 7.67. The predicted octanol–water partition coefficient (Wildman–Crippen LogP) is 6.12. The van der Waals surface area contributed by atoms with Crippen LogP contribution in [0.5, 0.6) is 11.5 Å². The zero-order valence-corrected chi connectivity index (χ0v) is 16.9. The Bertz CT molecular complexity index is 832. The SMILES string of the molecule is CCCCOc1cc(C(C)OC)c(C(F)(F)F)c(C)c1C(=O)Oc1ccccc1. The van der Waals surface area contributed by atoms with Gasteiger partial charge in [0.1, 0.15) is 17.1 Å². The van der Waals surface area contributed by atoms with E-state index in [1.165, 1.54) is 27.0 Å². The molecule has 0 N–H and O–H groups in total. The maximum Gasteiger partial charge on any atom is 0.417 e. The summed E-state index contributed by atoms with van der Waals surface area (Å²) in [5.74, 6) is -0.606. The van der Waals surface area contributed by atoms with Crippen LogP contribution in [0.1, 0.15) is 59.8 Å². The summed E-state index contributed by atoms with van der Waals surface area (Å²) in [6, 6.07) is 9.41. The third kappa shape index (κ3) is 5.50. The first kappa shape index (κ1) is 22.7. The summed E-state index contributed by atoms with van der Waals surface area (Å²) >= 11 is 0. The number of unbranched alkanes of at least 4 members (excludes halogenated alkanes) is 1. The number of ether oxygens (including phenoxy) is 3. The van der Waals surface area contributed by atoms with Crippen LogP contribution in [-0.4, -0.2) is 19.7 Å². The second-order valence-corrected chi connectivity index (χ2v) is 6.62. The van der Waals surface area contributed by atoms with Crippen molar-refractivity contribution in [3.05, 3.63) is 58.7 Å². The van der Waals surface area contributed by atoms with E-state index in [0.717, 1.165) is 6.42 Å². The highest BCUT2D eigenvalue weighted by Gasteiger charge is 2.39. The van der Waals surface area contributed by atoms with E-state index in [1.807, 2.05) is 6.92 Å². The van der Waals surface area contributed by atoms with Gasteiger partial charge in [0.25, 0.3) is 0 Å². The summed E-state index contributed by atoms with van der Waals surface area (Å²) in [7, 11) is 1.33. The molecule has 7 heteroatoms. The average Bonchev–Trinajstić information content (AvgIpc) is 2.66. The maximum atomic E-state index is 13.9.